The number of halogens is 1. The van der Waals surface area contributed by atoms with Crippen molar-refractivity contribution in [2.45, 2.75) is 46.1 Å². The summed E-state index contributed by atoms with van der Waals surface area (Å²) < 4.78 is 31.6. The van der Waals surface area contributed by atoms with Gasteiger partial charge in [-0.3, -0.25) is 0 Å². The average molecular weight is 312 g/mol. The molecule has 0 atom stereocenters. The van der Waals surface area contributed by atoms with Crippen molar-refractivity contribution in [2.24, 2.45) is 5.41 Å². The molecule has 0 N–H and O–H groups in total. The van der Waals surface area contributed by atoms with Crippen LogP contribution in [0.15, 0.2) is 0 Å². The van der Waals surface area contributed by atoms with Gasteiger partial charge in [0.25, 0.3) is 0 Å². The molecular formula is C13H26ClNO3S. The Hall–Kier alpha value is 0.160. The van der Waals surface area contributed by atoms with Crippen LogP contribution in [0, 0.1) is 5.41 Å². The number of hydrogen-bond donors (Lipinski definition) is 0. The van der Waals surface area contributed by atoms with E-state index in [2.05, 4.69) is 20.8 Å². The summed E-state index contributed by atoms with van der Waals surface area (Å²) in [5.41, 5.74) is 0.0504. The molecule has 1 aliphatic heterocycles. The number of rotatable bonds is 6. The standard InChI is InChI=1S/C13H26ClNO3S/c1-13(2,3)6-11-19(16,17)15-8-4-12(5-9-15)18-10-7-14/h12H,4-11H2,1-3H3. The van der Waals surface area contributed by atoms with Gasteiger partial charge >= 0.3 is 0 Å². The molecule has 1 aliphatic rings. The summed E-state index contributed by atoms with van der Waals surface area (Å²) in [6, 6.07) is 0. The highest BCUT2D eigenvalue weighted by Crippen LogP contribution is 2.22. The molecule has 4 nitrogen and oxygen atoms in total. The summed E-state index contributed by atoms with van der Waals surface area (Å²) in [7, 11) is -3.11. The largest absolute Gasteiger partial charge is 0.377 e. The molecule has 0 bridgehead atoms. The summed E-state index contributed by atoms with van der Waals surface area (Å²) in [6.45, 7) is 7.88. The van der Waals surface area contributed by atoms with Crippen molar-refractivity contribution < 1.29 is 13.2 Å². The molecule has 1 saturated heterocycles. The maximum atomic E-state index is 12.2. The van der Waals surface area contributed by atoms with Crippen LogP contribution in [0.3, 0.4) is 0 Å². The van der Waals surface area contributed by atoms with Gasteiger partial charge in [-0.2, -0.15) is 0 Å². The van der Waals surface area contributed by atoms with E-state index in [0.29, 0.717) is 32.0 Å². The summed E-state index contributed by atoms with van der Waals surface area (Å²) in [5, 5.41) is 0. The van der Waals surface area contributed by atoms with Crippen LogP contribution in [0.25, 0.3) is 0 Å². The smallest absolute Gasteiger partial charge is 0.214 e. The molecule has 0 unspecified atom stereocenters. The van der Waals surface area contributed by atoms with Crippen molar-refractivity contribution in [2.75, 3.05) is 31.3 Å². The van der Waals surface area contributed by atoms with Crippen LogP contribution in [-0.4, -0.2) is 50.2 Å². The molecule has 1 fully saturated rings. The quantitative estimate of drug-likeness (QED) is 0.708. The second-order valence-corrected chi connectivity index (χ2v) is 8.75. The lowest BCUT2D eigenvalue weighted by Crippen LogP contribution is -2.42. The number of nitrogens with zero attached hydrogens (tertiary/aromatic N) is 1. The van der Waals surface area contributed by atoms with Gasteiger partial charge in [-0.15, -0.1) is 11.6 Å². The van der Waals surface area contributed by atoms with E-state index < -0.39 is 10.0 Å². The molecular weight excluding hydrogens is 286 g/mol. The Morgan fingerprint density at radius 3 is 2.32 bits per heavy atom. The number of hydrogen-bond acceptors (Lipinski definition) is 3. The minimum absolute atomic E-state index is 0.0504. The van der Waals surface area contributed by atoms with E-state index >= 15 is 0 Å². The highest BCUT2D eigenvalue weighted by Gasteiger charge is 2.29. The minimum atomic E-state index is -3.11. The Morgan fingerprint density at radius 1 is 1.26 bits per heavy atom. The highest BCUT2D eigenvalue weighted by molar-refractivity contribution is 7.89. The Bertz CT molecular complexity index is 357. The van der Waals surface area contributed by atoms with E-state index in [-0.39, 0.29) is 17.3 Å². The van der Waals surface area contributed by atoms with Gasteiger partial charge in [-0.25, -0.2) is 12.7 Å². The van der Waals surface area contributed by atoms with Gasteiger partial charge in [0, 0.05) is 19.0 Å². The molecule has 1 rings (SSSR count). The van der Waals surface area contributed by atoms with Gasteiger partial charge in [0.2, 0.25) is 10.0 Å². The Labute approximate surface area is 122 Å². The van der Waals surface area contributed by atoms with Crippen molar-refractivity contribution in [1.29, 1.82) is 0 Å². The molecule has 0 amide bonds. The molecule has 6 heteroatoms. The molecule has 0 aromatic rings. The normalized spacial score (nSPS) is 19.8. The molecule has 0 spiro atoms. The van der Waals surface area contributed by atoms with Crippen LogP contribution < -0.4 is 0 Å². The molecule has 0 aromatic heterocycles. The van der Waals surface area contributed by atoms with E-state index in [0.717, 1.165) is 12.8 Å². The van der Waals surface area contributed by atoms with Crippen LogP contribution >= 0.6 is 11.6 Å². The number of alkyl halides is 1. The number of ether oxygens (including phenoxy) is 1. The van der Waals surface area contributed by atoms with Gasteiger partial charge in [-0.1, -0.05) is 20.8 Å². The summed E-state index contributed by atoms with van der Waals surface area (Å²) in [6.07, 6.45) is 2.39. The van der Waals surface area contributed by atoms with Crippen molar-refractivity contribution in [3.05, 3.63) is 0 Å². The van der Waals surface area contributed by atoms with Crippen LogP contribution in [0.5, 0.6) is 0 Å². The fourth-order valence-electron chi connectivity index (χ4n) is 2.05. The van der Waals surface area contributed by atoms with Crippen molar-refractivity contribution >= 4 is 21.6 Å². The van der Waals surface area contributed by atoms with Gasteiger partial charge in [-0.05, 0) is 24.7 Å². The molecule has 0 aromatic carbocycles. The first-order valence-corrected chi connectivity index (χ1v) is 9.04. The SMILES string of the molecule is CC(C)(C)CCS(=O)(=O)N1CCC(OCCCl)CC1. The zero-order valence-corrected chi connectivity index (χ0v) is 13.8. The third-order valence-corrected chi connectivity index (χ3v) is 5.36. The summed E-state index contributed by atoms with van der Waals surface area (Å²) in [4.78, 5) is 0. The second kappa shape index (κ2) is 7.25. The number of piperidine rings is 1. The lowest BCUT2D eigenvalue weighted by Gasteiger charge is -2.31. The first-order chi connectivity index (χ1) is 8.74. The third-order valence-electron chi connectivity index (χ3n) is 3.34. The Kier molecular flexibility index (Phi) is 6.57. The molecule has 19 heavy (non-hydrogen) atoms. The van der Waals surface area contributed by atoms with Crippen LogP contribution in [0.1, 0.15) is 40.0 Å². The van der Waals surface area contributed by atoms with Crippen LogP contribution in [-0.2, 0) is 14.8 Å². The average Bonchev–Trinajstić information content (AvgIpc) is 2.34. The van der Waals surface area contributed by atoms with Crippen molar-refractivity contribution in [3.8, 4) is 0 Å². The van der Waals surface area contributed by atoms with Gasteiger partial charge in [0.05, 0.1) is 18.5 Å². The van der Waals surface area contributed by atoms with Gasteiger partial charge < -0.3 is 4.74 Å². The molecule has 1 heterocycles. The zero-order valence-electron chi connectivity index (χ0n) is 12.2. The van der Waals surface area contributed by atoms with E-state index in [1.54, 1.807) is 4.31 Å². The summed E-state index contributed by atoms with van der Waals surface area (Å²) in [5.74, 6) is 0.730. The molecule has 0 aliphatic carbocycles. The fourth-order valence-corrected chi connectivity index (χ4v) is 4.04. The maximum Gasteiger partial charge on any atom is 0.214 e. The van der Waals surface area contributed by atoms with Crippen molar-refractivity contribution in [3.63, 3.8) is 0 Å². The van der Waals surface area contributed by atoms with E-state index in [1.165, 1.54) is 0 Å². The maximum absolute atomic E-state index is 12.2. The molecule has 0 radical (unpaired) electrons. The topological polar surface area (TPSA) is 46.6 Å². The minimum Gasteiger partial charge on any atom is -0.377 e. The summed E-state index contributed by atoms with van der Waals surface area (Å²) >= 11 is 5.57. The van der Waals surface area contributed by atoms with E-state index in [9.17, 15) is 8.42 Å². The lowest BCUT2D eigenvalue weighted by molar-refractivity contribution is 0.0301. The third kappa shape index (κ3) is 6.43. The zero-order chi connectivity index (χ0) is 14.5. The monoisotopic (exact) mass is 311 g/mol. The predicted octanol–water partition coefficient (Wildman–Crippen LogP) is 2.47. The number of sulfonamides is 1. The van der Waals surface area contributed by atoms with E-state index in [4.69, 9.17) is 16.3 Å². The second-order valence-electron chi connectivity index (χ2n) is 6.28. The highest BCUT2D eigenvalue weighted by atomic mass is 35.5. The van der Waals surface area contributed by atoms with Crippen LogP contribution in [0.2, 0.25) is 0 Å². The Morgan fingerprint density at radius 2 is 1.84 bits per heavy atom. The van der Waals surface area contributed by atoms with Crippen LogP contribution in [0.4, 0.5) is 0 Å². The first-order valence-electron chi connectivity index (χ1n) is 6.90. The first kappa shape index (κ1) is 17.2. The van der Waals surface area contributed by atoms with Gasteiger partial charge in [0.1, 0.15) is 0 Å². The Balaban J connectivity index is 2.41. The molecule has 114 valence electrons. The lowest BCUT2D eigenvalue weighted by atomic mass is 9.94. The fraction of sp³-hybridized carbons (Fsp3) is 1.00. The van der Waals surface area contributed by atoms with Gasteiger partial charge in [0.15, 0.2) is 0 Å². The predicted molar refractivity (Wildman–Crippen MR) is 79.1 cm³/mol. The van der Waals surface area contributed by atoms with E-state index in [1.807, 2.05) is 0 Å². The van der Waals surface area contributed by atoms with Crippen molar-refractivity contribution in [1.82, 2.24) is 4.31 Å². The molecule has 0 saturated carbocycles.